The first-order valence-electron chi connectivity index (χ1n) is 5.77. The molecular weight excluding hydrogens is 278 g/mol. The van der Waals surface area contributed by atoms with Gasteiger partial charge in [-0.2, -0.15) is 0 Å². The van der Waals surface area contributed by atoms with Crippen molar-refractivity contribution in [3.05, 3.63) is 64.2 Å². The summed E-state index contributed by atoms with van der Waals surface area (Å²) in [5.41, 5.74) is -0.0108. The molecular formula is C14H9NO6. The summed E-state index contributed by atoms with van der Waals surface area (Å²) in [5, 5.41) is 19.1. The van der Waals surface area contributed by atoms with Crippen LogP contribution in [0.25, 0.3) is 0 Å². The Bertz CT molecular complexity index is 690. The van der Waals surface area contributed by atoms with Gasteiger partial charge in [-0.05, 0) is 36.4 Å². The van der Waals surface area contributed by atoms with Crippen LogP contribution in [0.15, 0.2) is 48.5 Å². The van der Waals surface area contributed by atoms with E-state index in [-0.39, 0.29) is 11.3 Å². The van der Waals surface area contributed by atoms with Gasteiger partial charge in [0, 0.05) is 17.7 Å². The summed E-state index contributed by atoms with van der Waals surface area (Å²) in [6.45, 7) is 0. The van der Waals surface area contributed by atoms with Crippen molar-refractivity contribution in [1.29, 1.82) is 0 Å². The highest BCUT2D eigenvalue weighted by Gasteiger charge is 2.14. The Labute approximate surface area is 118 Å². The SMILES string of the molecule is O=C(O)C(=O)c1ccc(Oc2ccc([N+](=O)[O-])cc2)cc1. The summed E-state index contributed by atoms with van der Waals surface area (Å²) in [4.78, 5) is 31.7. The number of nitrogens with zero attached hydrogens (tertiary/aromatic N) is 1. The molecule has 0 amide bonds. The van der Waals surface area contributed by atoms with E-state index in [0.29, 0.717) is 11.5 Å². The molecule has 0 saturated carbocycles. The molecule has 0 fully saturated rings. The minimum absolute atomic E-state index is 0.0403. The molecule has 0 aliphatic rings. The predicted molar refractivity (Wildman–Crippen MR) is 71.6 cm³/mol. The van der Waals surface area contributed by atoms with Crippen LogP contribution in [0.3, 0.4) is 0 Å². The van der Waals surface area contributed by atoms with E-state index >= 15 is 0 Å². The van der Waals surface area contributed by atoms with E-state index < -0.39 is 16.7 Å². The Balaban J connectivity index is 2.11. The smallest absolute Gasteiger partial charge is 0.377 e. The number of benzene rings is 2. The zero-order valence-electron chi connectivity index (χ0n) is 10.6. The molecule has 0 aliphatic heterocycles. The lowest BCUT2D eigenvalue weighted by molar-refractivity contribution is -0.384. The first-order valence-corrected chi connectivity index (χ1v) is 5.77. The molecule has 0 radical (unpaired) electrons. The lowest BCUT2D eigenvalue weighted by Crippen LogP contribution is -2.12. The van der Waals surface area contributed by atoms with Crippen LogP contribution >= 0.6 is 0 Å². The van der Waals surface area contributed by atoms with Gasteiger partial charge < -0.3 is 9.84 Å². The molecule has 0 bridgehead atoms. The Morgan fingerprint density at radius 2 is 1.43 bits per heavy atom. The zero-order valence-corrected chi connectivity index (χ0v) is 10.6. The van der Waals surface area contributed by atoms with E-state index in [1.807, 2.05) is 0 Å². The predicted octanol–water partition coefficient (Wildman–Crippen LogP) is 2.65. The number of carboxylic acid groups (broad SMARTS) is 1. The van der Waals surface area contributed by atoms with Gasteiger partial charge in [-0.3, -0.25) is 14.9 Å². The molecule has 2 aromatic carbocycles. The number of carbonyl (C=O) groups is 2. The van der Waals surface area contributed by atoms with Crippen LogP contribution in [-0.2, 0) is 4.79 Å². The van der Waals surface area contributed by atoms with Crippen molar-refractivity contribution >= 4 is 17.4 Å². The third-order valence-electron chi connectivity index (χ3n) is 2.59. The molecule has 0 heterocycles. The van der Waals surface area contributed by atoms with Crippen LogP contribution in [-0.4, -0.2) is 21.8 Å². The Morgan fingerprint density at radius 3 is 1.86 bits per heavy atom. The minimum Gasteiger partial charge on any atom is -0.475 e. The number of carboxylic acids is 1. The normalized spacial score (nSPS) is 9.90. The average molecular weight is 287 g/mol. The maximum atomic E-state index is 11.2. The molecule has 2 rings (SSSR count). The molecule has 0 saturated heterocycles. The largest absolute Gasteiger partial charge is 0.475 e. The number of non-ortho nitro benzene ring substituents is 1. The monoisotopic (exact) mass is 287 g/mol. The number of hydrogen-bond donors (Lipinski definition) is 1. The number of carbonyl (C=O) groups excluding carboxylic acids is 1. The molecule has 0 atom stereocenters. The second-order valence-corrected chi connectivity index (χ2v) is 4.01. The summed E-state index contributed by atoms with van der Waals surface area (Å²) >= 11 is 0. The van der Waals surface area contributed by atoms with Gasteiger partial charge in [-0.15, -0.1) is 0 Å². The van der Waals surface area contributed by atoms with Gasteiger partial charge >= 0.3 is 5.97 Å². The van der Waals surface area contributed by atoms with E-state index in [2.05, 4.69) is 0 Å². The van der Waals surface area contributed by atoms with Crippen LogP contribution in [0.5, 0.6) is 11.5 Å². The topological polar surface area (TPSA) is 107 Å². The molecule has 7 nitrogen and oxygen atoms in total. The van der Waals surface area contributed by atoms with E-state index in [1.54, 1.807) is 0 Å². The van der Waals surface area contributed by atoms with E-state index in [4.69, 9.17) is 9.84 Å². The lowest BCUT2D eigenvalue weighted by atomic mass is 10.1. The second kappa shape index (κ2) is 5.83. The molecule has 0 aromatic heterocycles. The van der Waals surface area contributed by atoms with Gasteiger partial charge in [0.1, 0.15) is 11.5 Å². The lowest BCUT2D eigenvalue weighted by Gasteiger charge is -2.05. The number of ketones is 1. The Morgan fingerprint density at radius 1 is 0.952 bits per heavy atom. The average Bonchev–Trinajstić information content (AvgIpc) is 2.47. The quantitative estimate of drug-likeness (QED) is 0.392. The number of nitro groups is 1. The fraction of sp³-hybridized carbons (Fsp3) is 0. The first kappa shape index (κ1) is 14.2. The van der Waals surface area contributed by atoms with Crippen LogP contribution in [0, 0.1) is 10.1 Å². The highest BCUT2D eigenvalue weighted by molar-refractivity contribution is 6.39. The highest BCUT2D eigenvalue weighted by atomic mass is 16.6. The van der Waals surface area contributed by atoms with E-state index in [9.17, 15) is 19.7 Å². The number of ether oxygens (including phenoxy) is 1. The summed E-state index contributed by atoms with van der Waals surface area (Å²) in [6.07, 6.45) is 0. The maximum absolute atomic E-state index is 11.2. The van der Waals surface area contributed by atoms with Crippen molar-refractivity contribution in [1.82, 2.24) is 0 Å². The van der Waals surface area contributed by atoms with Crippen molar-refractivity contribution in [2.75, 3.05) is 0 Å². The van der Waals surface area contributed by atoms with Gasteiger partial charge in [0.2, 0.25) is 0 Å². The molecule has 106 valence electrons. The molecule has 21 heavy (non-hydrogen) atoms. The highest BCUT2D eigenvalue weighted by Crippen LogP contribution is 2.24. The molecule has 2 aromatic rings. The standard InChI is InChI=1S/C14H9NO6/c16-13(14(17)18)9-1-5-11(6-2-9)21-12-7-3-10(4-8-12)15(19)20/h1-8H,(H,17,18). The van der Waals surface area contributed by atoms with Crippen molar-refractivity contribution in [3.8, 4) is 11.5 Å². The zero-order chi connectivity index (χ0) is 15.4. The molecule has 0 spiro atoms. The summed E-state index contributed by atoms with van der Waals surface area (Å²) in [6, 6.07) is 11.0. The Kier molecular flexibility index (Phi) is 3.94. The van der Waals surface area contributed by atoms with Gasteiger partial charge in [0.25, 0.3) is 11.5 Å². The molecule has 7 heteroatoms. The Hall–Kier alpha value is -3.22. The van der Waals surface area contributed by atoms with Crippen LogP contribution in [0.4, 0.5) is 5.69 Å². The second-order valence-electron chi connectivity index (χ2n) is 4.01. The molecule has 1 N–H and O–H groups in total. The van der Waals surface area contributed by atoms with Crippen molar-refractivity contribution in [2.45, 2.75) is 0 Å². The number of nitro benzene ring substituents is 1. The van der Waals surface area contributed by atoms with Gasteiger partial charge in [0.15, 0.2) is 0 Å². The van der Waals surface area contributed by atoms with Crippen LogP contribution in [0.1, 0.15) is 10.4 Å². The van der Waals surface area contributed by atoms with Crippen molar-refractivity contribution in [3.63, 3.8) is 0 Å². The molecule has 0 aliphatic carbocycles. The van der Waals surface area contributed by atoms with Gasteiger partial charge in [-0.25, -0.2) is 4.79 Å². The minimum atomic E-state index is -1.53. The first-order chi connectivity index (χ1) is 9.97. The number of hydrogen-bond acceptors (Lipinski definition) is 5. The van der Waals surface area contributed by atoms with E-state index in [0.717, 1.165) is 0 Å². The van der Waals surface area contributed by atoms with Gasteiger partial charge in [0.05, 0.1) is 4.92 Å². The van der Waals surface area contributed by atoms with Crippen LogP contribution in [0.2, 0.25) is 0 Å². The van der Waals surface area contributed by atoms with Crippen molar-refractivity contribution < 1.29 is 24.4 Å². The fourth-order valence-corrected chi connectivity index (χ4v) is 1.57. The third kappa shape index (κ3) is 3.41. The third-order valence-corrected chi connectivity index (χ3v) is 2.59. The summed E-state index contributed by atoms with van der Waals surface area (Å²) < 4.78 is 5.43. The number of rotatable bonds is 5. The number of Topliss-reactive ketones (excluding diaryl/α,β-unsaturated/α-hetero) is 1. The summed E-state index contributed by atoms with van der Waals surface area (Å²) in [7, 11) is 0. The number of aliphatic carboxylic acids is 1. The van der Waals surface area contributed by atoms with Crippen LogP contribution < -0.4 is 4.74 Å². The maximum Gasteiger partial charge on any atom is 0.377 e. The molecule has 0 unspecified atom stereocenters. The van der Waals surface area contributed by atoms with Gasteiger partial charge in [-0.1, -0.05) is 0 Å². The van der Waals surface area contributed by atoms with E-state index in [1.165, 1.54) is 48.5 Å². The summed E-state index contributed by atoms with van der Waals surface area (Å²) in [5.74, 6) is -1.76. The van der Waals surface area contributed by atoms with Crippen molar-refractivity contribution in [2.24, 2.45) is 0 Å². The fourth-order valence-electron chi connectivity index (χ4n) is 1.57.